The van der Waals surface area contributed by atoms with E-state index in [1.165, 1.54) is 0 Å². The van der Waals surface area contributed by atoms with Gasteiger partial charge in [-0.1, -0.05) is 12.1 Å². The summed E-state index contributed by atoms with van der Waals surface area (Å²) < 4.78 is 5.52. The number of rotatable bonds is 1. The molecule has 2 heterocycles. The number of fused-ring (bicyclic) bond motifs is 1. The summed E-state index contributed by atoms with van der Waals surface area (Å²) in [6, 6.07) is 7.28. The second kappa shape index (κ2) is 4.93. The predicted molar refractivity (Wildman–Crippen MR) is 69.5 cm³/mol. The first-order valence-corrected chi connectivity index (χ1v) is 5.11. The molecule has 2 aromatic rings. The van der Waals surface area contributed by atoms with Gasteiger partial charge in [-0.2, -0.15) is 0 Å². The van der Waals surface area contributed by atoms with Gasteiger partial charge in [0.15, 0.2) is 11.5 Å². The number of hydrogen-bond acceptors (Lipinski definition) is 3. The number of aromatic nitrogens is 2. The number of nitrogens with zero attached hydrogens (tertiary/aromatic N) is 1. The van der Waals surface area contributed by atoms with E-state index >= 15 is 0 Å². The summed E-state index contributed by atoms with van der Waals surface area (Å²) in [6.45, 7) is 0. The Balaban J connectivity index is 0.00000120. The molecule has 0 fully saturated rings. The Hall–Kier alpha value is -2.27. The molecular weight excluding hydrogens is 254 g/mol. The molecular formula is C12H10ClN3O2. The van der Waals surface area contributed by atoms with E-state index in [0.29, 0.717) is 11.4 Å². The van der Waals surface area contributed by atoms with Crippen LogP contribution in [0.3, 0.4) is 0 Å². The second-order valence-electron chi connectivity index (χ2n) is 3.57. The van der Waals surface area contributed by atoms with Crippen molar-refractivity contribution >= 4 is 30.1 Å². The van der Waals surface area contributed by atoms with E-state index in [2.05, 4.69) is 15.3 Å². The number of carbonyl (C=O) groups is 1. The van der Waals surface area contributed by atoms with E-state index in [1.807, 2.05) is 12.1 Å². The highest BCUT2D eigenvalue weighted by Crippen LogP contribution is 2.30. The van der Waals surface area contributed by atoms with E-state index in [4.69, 9.17) is 4.74 Å². The van der Waals surface area contributed by atoms with Crippen molar-refractivity contribution in [1.82, 2.24) is 9.97 Å². The highest BCUT2D eigenvalue weighted by atomic mass is 35.5. The SMILES string of the molecule is Cl.O=C1Nc2ccccc2OC1=Cc1cnc[nH]1. The van der Waals surface area contributed by atoms with Crippen molar-refractivity contribution in [2.75, 3.05) is 5.32 Å². The lowest BCUT2D eigenvalue weighted by Crippen LogP contribution is -2.23. The number of H-pyrrole nitrogens is 1. The van der Waals surface area contributed by atoms with Gasteiger partial charge in [-0.05, 0) is 12.1 Å². The minimum Gasteiger partial charge on any atom is -0.449 e. The summed E-state index contributed by atoms with van der Waals surface area (Å²) in [5.41, 5.74) is 1.40. The maximum Gasteiger partial charge on any atom is 0.291 e. The summed E-state index contributed by atoms with van der Waals surface area (Å²) in [7, 11) is 0. The topological polar surface area (TPSA) is 67.0 Å². The van der Waals surface area contributed by atoms with Gasteiger partial charge >= 0.3 is 0 Å². The van der Waals surface area contributed by atoms with Crippen molar-refractivity contribution in [3.05, 3.63) is 48.2 Å². The Kier molecular flexibility index (Phi) is 3.34. The third-order valence-corrected chi connectivity index (χ3v) is 2.38. The molecule has 1 aromatic heterocycles. The highest BCUT2D eigenvalue weighted by Gasteiger charge is 2.21. The number of carbonyl (C=O) groups excluding carboxylic acids is 1. The van der Waals surface area contributed by atoms with Gasteiger partial charge in [0.25, 0.3) is 5.91 Å². The third kappa shape index (κ3) is 2.21. The fraction of sp³-hybridized carbons (Fsp3) is 0. The molecule has 5 nitrogen and oxygen atoms in total. The summed E-state index contributed by atoms with van der Waals surface area (Å²) in [5.74, 6) is 0.615. The van der Waals surface area contributed by atoms with Crippen molar-refractivity contribution in [3.8, 4) is 5.75 Å². The van der Waals surface area contributed by atoms with Crippen LogP contribution in [0.2, 0.25) is 0 Å². The maximum atomic E-state index is 11.7. The van der Waals surface area contributed by atoms with Crippen LogP contribution in [0.15, 0.2) is 42.5 Å². The van der Waals surface area contributed by atoms with Crippen LogP contribution in [-0.2, 0) is 4.79 Å². The van der Waals surface area contributed by atoms with Crippen LogP contribution in [0.5, 0.6) is 5.75 Å². The molecule has 0 saturated heterocycles. The number of amides is 1. The molecule has 1 aliphatic heterocycles. The van der Waals surface area contributed by atoms with Gasteiger partial charge in [0.1, 0.15) is 0 Å². The van der Waals surface area contributed by atoms with Gasteiger partial charge in [-0.15, -0.1) is 12.4 Å². The Morgan fingerprint density at radius 2 is 2.11 bits per heavy atom. The van der Waals surface area contributed by atoms with Crippen molar-refractivity contribution in [2.45, 2.75) is 0 Å². The highest BCUT2D eigenvalue weighted by molar-refractivity contribution is 6.07. The second-order valence-corrected chi connectivity index (χ2v) is 3.57. The number of aromatic amines is 1. The van der Waals surface area contributed by atoms with E-state index in [-0.39, 0.29) is 24.1 Å². The molecule has 1 aromatic carbocycles. The smallest absolute Gasteiger partial charge is 0.291 e. The molecule has 18 heavy (non-hydrogen) atoms. The third-order valence-electron chi connectivity index (χ3n) is 2.38. The standard InChI is InChI=1S/C12H9N3O2.ClH/c16-12-11(5-8-6-13-7-14-8)17-10-4-2-1-3-9(10)15-12;/h1-7H,(H,13,14)(H,15,16);1H. The summed E-state index contributed by atoms with van der Waals surface area (Å²) in [4.78, 5) is 18.5. The van der Waals surface area contributed by atoms with Gasteiger partial charge < -0.3 is 15.0 Å². The number of anilines is 1. The zero-order valence-corrected chi connectivity index (χ0v) is 10.0. The number of imidazole rings is 1. The van der Waals surface area contributed by atoms with Crippen LogP contribution in [0.1, 0.15) is 5.69 Å². The molecule has 2 N–H and O–H groups in total. The summed E-state index contributed by atoms with van der Waals surface area (Å²) in [5, 5.41) is 2.76. The number of halogens is 1. The van der Waals surface area contributed by atoms with E-state index < -0.39 is 0 Å². The molecule has 0 saturated carbocycles. The quantitative estimate of drug-likeness (QED) is 0.775. The molecule has 1 aliphatic rings. The monoisotopic (exact) mass is 263 g/mol. The Morgan fingerprint density at radius 3 is 2.89 bits per heavy atom. The largest absolute Gasteiger partial charge is 0.449 e. The predicted octanol–water partition coefficient (Wildman–Crippen LogP) is 2.20. The molecule has 6 heteroatoms. The van der Waals surface area contributed by atoms with Crippen LogP contribution >= 0.6 is 12.4 Å². The summed E-state index contributed by atoms with van der Waals surface area (Å²) >= 11 is 0. The molecule has 0 atom stereocenters. The van der Waals surface area contributed by atoms with Gasteiger partial charge in [0.2, 0.25) is 0 Å². The maximum absolute atomic E-state index is 11.7. The average Bonchev–Trinajstić information content (AvgIpc) is 2.83. The van der Waals surface area contributed by atoms with E-state index in [0.717, 1.165) is 5.69 Å². The Bertz CT molecular complexity index is 593. The fourth-order valence-electron chi connectivity index (χ4n) is 1.59. The lowest BCUT2D eigenvalue weighted by Gasteiger charge is -2.19. The number of para-hydroxylation sites is 2. The minimum absolute atomic E-state index is 0. The first kappa shape index (κ1) is 12.2. The molecule has 3 rings (SSSR count). The Morgan fingerprint density at radius 1 is 1.28 bits per heavy atom. The van der Waals surface area contributed by atoms with Crippen LogP contribution in [0.25, 0.3) is 6.08 Å². The molecule has 0 bridgehead atoms. The van der Waals surface area contributed by atoms with Crippen LogP contribution in [-0.4, -0.2) is 15.9 Å². The van der Waals surface area contributed by atoms with Gasteiger partial charge in [0.05, 0.1) is 23.9 Å². The zero-order chi connectivity index (χ0) is 11.7. The average molecular weight is 264 g/mol. The van der Waals surface area contributed by atoms with Crippen LogP contribution < -0.4 is 10.1 Å². The van der Waals surface area contributed by atoms with Crippen molar-refractivity contribution in [2.24, 2.45) is 0 Å². The number of hydrogen-bond donors (Lipinski definition) is 2. The van der Waals surface area contributed by atoms with E-state index in [1.54, 1.807) is 30.7 Å². The molecule has 0 radical (unpaired) electrons. The van der Waals surface area contributed by atoms with Gasteiger partial charge in [0, 0.05) is 6.08 Å². The fourth-order valence-corrected chi connectivity index (χ4v) is 1.59. The molecule has 92 valence electrons. The first-order chi connectivity index (χ1) is 8.33. The first-order valence-electron chi connectivity index (χ1n) is 5.11. The van der Waals surface area contributed by atoms with Gasteiger partial charge in [-0.3, -0.25) is 4.79 Å². The van der Waals surface area contributed by atoms with Gasteiger partial charge in [-0.25, -0.2) is 4.98 Å². The minimum atomic E-state index is -0.265. The molecule has 0 aliphatic carbocycles. The normalized spacial score (nSPS) is 15.3. The number of ether oxygens (including phenoxy) is 1. The number of nitrogens with one attached hydrogen (secondary N) is 2. The van der Waals surface area contributed by atoms with Crippen LogP contribution in [0.4, 0.5) is 5.69 Å². The lowest BCUT2D eigenvalue weighted by atomic mass is 10.2. The number of benzene rings is 1. The Labute approximate surface area is 109 Å². The van der Waals surface area contributed by atoms with Crippen LogP contribution in [0, 0.1) is 0 Å². The van der Waals surface area contributed by atoms with Crippen molar-refractivity contribution in [3.63, 3.8) is 0 Å². The summed E-state index contributed by atoms with van der Waals surface area (Å²) in [6.07, 6.45) is 4.77. The molecule has 1 amide bonds. The van der Waals surface area contributed by atoms with Crippen molar-refractivity contribution in [1.29, 1.82) is 0 Å². The van der Waals surface area contributed by atoms with Crippen molar-refractivity contribution < 1.29 is 9.53 Å². The molecule has 0 unspecified atom stereocenters. The zero-order valence-electron chi connectivity index (χ0n) is 9.21. The molecule has 0 spiro atoms. The lowest BCUT2D eigenvalue weighted by molar-refractivity contribution is -0.115. The van der Waals surface area contributed by atoms with E-state index in [9.17, 15) is 4.79 Å².